The minimum absolute atomic E-state index is 0.0408. The molecule has 1 unspecified atom stereocenters. The largest absolute Gasteiger partial charge is 0.354 e. The molecule has 0 N–H and O–H groups in total. The third-order valence-corrected chi connectivity index (χ3v) is 5.66. The molecule has 0 radical (unpaired) electrons. The molecule has 1 atom stereocenters. The molecule has 0 spiro atoms. The fraction of sp³-hybridized carbons (Fsp3) is 0.259. The van der Waals surface area contributed by atoms with Crippen LogP contribution in [0.5, 0.6) is 0 Å². The normalized spacial score (nSPS) is 12.9. The summed E-state index contributed by atoms with van der Waals surface area (Å²) < 4.78 is 9.18. The number of halogens is 1. The van der Waals surface area contributed by atoms with Crippen LogP contribution in [0.3, 0.4) is 0 Å². The van der Waals surface area contributed by atoms with Gasteiger partial charge in [0.05, 0.1) is 6.10 Å². The molecule has 150 valence electrons. The lowest BCUT2D eigenvalue weighted by Crippen LogP contribution is -2.36. The third kappa shape index (κ3) is 5.37. The van der Waals surface area contributed by atoms with Gasteiger partial charge in [-0.25, -0.2) is 0 Å². The Labute approximate surface area is 189 Å². The summed E-state index contributed by atoms with van der Waals surface area (Å²) in [5, 5.41) is 0. The summed E-state index contributed by atoms with van der Waals surface area (Å²) in [6, 6.07) is 31.8. The van der Waals surface area contributed by atoms with Gasteiger partial charge in [-0.05, 0) is 33.3 Å². The van der Waals surface area contributed by atoms with Crippen molar-refractivity contribution in [1.82, 2.24) is 0 Å². The van der Waals surface area contributed by atoms with Gasteiger partial charge >= 0.3 is 0 Å². The Morgan fingerprint density at radius 1 is 0.759 bits per heavy atom. The zero-order valence-corrected chi connectivity index (χ0v) is 19.2. The van der Waals surface area contributed by atoms with Crippen molar-refractivity contribution in [2.24, 2.45) is 0 Å². The molecule has 0 saturated heterocycles. The average Bonchev–Trinajstić information content (AvgIpc) is 2.79. The molecule has 0 aliphatic rings. The van der Waals surface area contributed by atoms with Gasteiger partial charge in [0, 0.05) is 0 Å². The summed E-state index contributed by atoms with van der Waals surface area (Å²) in [5.41, 5.74) is 2.80. The Kier molecular flexibility index (Phi) is 8.51. The first-order valence-corrected chi connectivity index (χ1v) is 11.7. The zero-order chi connectivity index (χ0) is 20.4. The molecular weight excluding hydrogens is 467 g/mol. The summed E-state index contributed by atoms with van der Waals surface area (Å²) in [5.74, 6) is 0. The summed E-state index contributed by atoms with van der Waals surface area (Å²) >= 11 is 2.30. The molecular formula is C27H29IO. The van der Waals surface area contributed by atoms with Crippen LogP contribution in [0.1, 0.15) is 49.3 Å². The SMILES string of the molecule is CCCCCC(C=CI)OC(c1ccccc1)(c1ccccc1)c1ccccc1. The van der Waals surface area contributed by atoms with Crippen LogP contribution in [0.15, 0.2) is 101 Å². The summed E-state index contributed by atoms with van der Waals surface area (Å²) in [6.07, 6.45) is 6.85. The van der Waals surface area contributed by atoms with Crippen LogP contribution in [0, 0.1) is 0 Å². The van der Waals surface area contributed by atoms with Crippen molar-refractivity contribution in [1.29, 1.82) is 0 Å². The molecule has 1 nitrogen and oxygen atoms in total. The lowest BCUT2D eigenvalue weighted by Gasteiger charge is -2.38. The second-order valence-electron chi connectivity index (χ2n) is 7.25. The van der Waals surface area contributed by atoms with Crippen molar-refractivity contribution in [2.45, 2.75) is 44.3 Å². The second kappa shape index (κ2) is 11.3. The second-order valence-corrected chi connectivity index (χ2v) is 7.97. The topological polar surface area (TPSA) is 9.23 Å². The quantitative estimate of drug-likeness (QED) is 0.158. The molecule has 0 amide bonds. The van der Waals surface area contributed by atoms with Crippen LogP contribution in [0.4, 0.5) is 0 Å². The highest BCUT2D eigenvalue weighted by molar-refractivity contribution is 14.1. The Morgan fingerprint density at radius 3 is 1.59 bits per heavy atom. The van der Waals surface area contributed by atoms with Crippen molar-refractivity contribution in [2.75, 3.05) is 0 Å². The van der Waals surface area contributed by atoms with Gasteiger partial charge in [0.15, 0.2) is 0 Å². The van der Waals surface area contributed by atoms with Crippen molar-refractivity contribution in [3.63, 3.8) is 0 Å². The molecule has 0 bridgehead atoms. The Balaban J connectivity index is 2.16. The Morgan fingerprint density at radius 2 is 1.21 bits per heavy atom. The van der Waals surface area contributed by atoms with E-state index in [9.17, 15) is 0 Å². The number of ether oxygens (including phenoxy) is 1. The van der Waals surface area contributed by atoms with E-state index in [1.165, 1.54) is 12.8 Å². The molecule has 0 aliphatic heterocycles. The van der Waals surface area contributed by atoms with Crippen molar-refractivity contribution in [3.8, 4) is 0 Å². The smallest absolute Gasteiger partial charge is 0.144 e. The Bertz CT molecular complexity index is 762. The first kappa shape index (κ1) is 21.8. The fourth-order valence-corrected chi connectivity index (χ4v) is 4.28. The van der Waals surface area contributed by atoms with E-state index in [-0.39, 0.29) is 6.10 Å². The van der Waals surface area contributed by atoms with Crippen LogP contribution < -0.4 is 0 Å². The molecule has 2 heteroatoms. The van der Waals surface area contributed by atoms with Crippen LogP contribution >= 0.6 is 22.6 Å². The molecule has 0 aliphatic carbocycles. The number of rotatable bonds is 10. The monoisotopic (exact) mass is 496 g/mol. The van der Waals surface area contributed by atoms with E-state index in [0.717, 1.165) is 29.5 Å². The van der Waals surface area contributed by atoms with Crippen LogP contribution in [0.2, 0.25) is 0 Å². The molecule has 3 aromatic carbocycles. The minimum Gasteiger partial charge on any atom is -0.354 e. The maximum absolute atomic E-state index is 7.09. The van der Waals surface area contributed by atoms with E-state index < -0.39 is 5.60 Å². The predicted octanol–water partition coefficient (Wildman–Crippen LogP) is 7.89. The average molecular weight is 496 g/mol. The predicted molar refractivity (Wildman–Crippen MR) is 131 cm³/mol. The fourth-order valence-electron chi connectivity index (χ4n) is 3.82. The van der Waals surface area contributed by atoms with E-state index in [1.54, 1.807) is 0 Å². The standard InChI is InChI=1S/C27H29IO/c1-2-3-7-20-26(21-22-28)29-27(23-14-8-4-9-15-23,24-16-10-5-11-17-24)25-18-12-6-13-19-25/h4-6,8-19,21-22,26H,2-3,7,20H2,1H3. The summed E-state index contributed by atoms with van der Waals surface area (Å²) in [4.78, 5) is 0. The molecule has 0 heterocycles. The third-order valence-electron chi connectivity index (χ3n) is 5.25. The van der Waals surface area contributed by atoms with Gasteiger partial charge < -0.3 is 4.74 Å². The maximum atomic E-state index is 7.09. The molecule has 29 heavy (non-hydrogen) atoms. The van der Waals surface area contributed by atoms with Gasteiger partial charge in [0.1, 0.15) is 5.60 Å². The number of hydrogen-bond acceptors (Lipinski definition) is 1. The lowest BCUT2D eigenvalue weighted by molar-refractivity contribution is -0.0285. The van der Waals surface area contributed by atoms with Crippen LogP contribution in [0.25, 0.3) is 0 Å². The summed E-state index contributed by atoms with van der Waals surface area (Å²) in [7, 11) is 0. The molecule has 3 rings (SSSR count). The summed E-state index contributed by atoms with van der Waals surface area (Å²) in [6.45, 7) is 2.24. The molecule has 0 aromatic heterocycles. The maximum Gasteiger partial charge on any atom is 0.144 e. The van der Waals surface area contributed by atoms with Crippen molar-refractivity contribution in [3.05, 3.63) is 118 Å². The molecule has 0 saturated carbocycles. The van der Waals surface area contributed by atoms with Gasteiger partial charge in [0.2, 0.25) is 0 Å². The van der Waals surface area contributed by atoms with Crippen molar-refractivity contribution < 1.29 is 4.74 Å². The number of hydrogen-bond donors (Lipinski definition) is 0. The van der Waals surface area contributed by atoms with Gasteiger partial charge in [-0.1, -0.05) is 140 Å². The van der Waals surface area contributed by atoms with Crippen LogP contribution in [-0.2, 0) is 10.3 Å². The van der Waals surface area contributed by atoms with Gasteiger partial charge in [-0.15, -0.1) is 0 Å². The van der Waals surface area contributed by atoms with Gasteiger partial charge in [0.25, 0.3) is 0 Å². The first-order valence-electron chi connectivity index (χ1n) is 10.4. The number of benzene rings is 3. The molecule has 0 fully saturated rings. The van der Waals surface area contributed by atoms with Crippen molar-refractivity contribution >= 4 is 22.6 Å². The highest BCUT2D eigenvalue weighted by Gasteiger charge is 2.39. The van der Waals surface area contributed by atoms with E-state index in [0.29, 0.717) is 0 Å². The van der Waals surface area contributed by atoms with Gasteiger partial charge in [-0.2, -0.15) is 0 Å². The number of unbranched alkanes of at least 4 members (excludes halogenated alkanes) is 2. The molecule has 3 aromatic rings. The highest BCUT2D eigenvalue weighted by atomic mass is 127. The van der Waals surface area contributed by atoms with Gasteiger partial charge in [-0.3, -0.25) is 0 Å². The zero-order valence-electron chi connectivity index (χ0n) is 17.0. The lowest BCUT2D eigenvalue weighted by atomic mass is 9.79. The van der Waals surface area contributed by atoms with E-state index in [1.807, 2.05) is 0 Å². The van der Waals surface area contributed by atoms with Crippen LogP contribution in [-0.4, -0.2) is 6.10 Å². The van der Waals surface area contributed by atoms with E-state index >= 15 is 0 Å². The minimum atomic E-state index is -0.656. The Hall–Kier alpha value is -1.91. The highest BCUT2D eigenvalue weighted by Crippen LogP contribution is 2.42. The first-order chi connectivity index (χ1) is 14.3. The van der Waals surface area contributed by atoms with E-state index in [2.05, 4.69) is 131 Å². The van der Waals surface area contributed by atoms with E-state index in [4.69, 9.17) is 4.74 Å².